The van der Waals surface area contributed by atoms with Crippen LogP contribution in [0.4, 0.5) is 0 Å². The lowest BCUT2D eigenvalue weighted by Gasteiger charge is -2.26. The van der Waals surface area contributed by atoms with Crippen LogP contribution in [0.1, 0.15) is 32.6 Å². The summed E-state index contributed by atoms with van der Waals surface area (Å²) in [7, 11) is 1.76. The van der Waals surface area contributed by atoms with E-state index in [0.717, 1.165) is 24.8 Å². The minimum absolute atomic E-state index is 0.389. The second kappa shape index (κ2) is 4.48. The Morgan fingerprint density at radius 3 is 2.58 bits per heavy atom. The van der Waals surface area contributed by atoms with Crippen molar-refractivity contribution in [2.24, 2.45) is 11.3 Å². The smallest absolute Gasteiger partial charge is 0.0462 e. The quantitative estimate of drug-likeness (QED) is 0.462. The van der Waals surface area contributed by atoms with Gasteiger partial charge in [-0.05, 0) is 37.0 Å². The van der Waals surface area contributed by atoms with Gasteiger partial charge in [0.15, 0.2) is 0 Å². The van der Waals surface area contributed by atoms with Crippen molar-refractivity contribution in [2.75, 3.05) is 19.6 Å². The lowest BCUT2D eigenvalue weighted by atomic mass is 9.82. The zero-order chi connectivity index (χ0) is 9.03. The van der Waals surface area contributed by atoms with Crippen molar-refractivity contribution in [1.82, 2.24) is 0 Å². The largest absolute Gasteiger partial charge is 0.385 e. The van der Waals surface area contributed by atoms with Crippen LogP contribution in [-0.2, 0) is 4.74 Å². The normalized spacial score (nSPS) is 22.2. The molecule has 2 heteroatoms. The molecule has 1 nitrogen and oxygen atoms in total. The molecule has 1 unspecified atom stereocenters. The van der Waals surface area contributed by atoms with Crippen molar-refractivity contribution >= 4 is 11.6 Å². The van der Waals surface area contributed by atoms with E-state index in [4.69, 9.17) is 16.3 Å². The van der Waals surface area contributed by atoms with Gasteiger partial charge < -0.3 is 4.74 Å². The van der Waals surface area contributed by atoms with Crippen LogP contribution in [-0.4, -0.2) is 19.6 Å². The third kappa shape index (κ3) is 2.63. The highest BCUT2D eigenvalue weighted by Crippen LogP contribution is 2.48. The number of rotatable bonds is 6. The van der Waals surface area contributed by atoms with Crippen LogP contribution < -0.4 is 0 Å². The molecule has 0 saturated heterocycles. The molecular weight excluding hydrogens is 172 g/mol. The zero-order valence-corrected chi connectivity index (χ0v) is 8.86. The Balaban J connectivity index is 2.23. The van der Waals surface area contributed by atoms with Crippen LogP contribution in [0, 0.1) is 11.3 Å². The molecule has 0 aromatic carbocycles. The molecule has 0 spiro atoms. The number of hydrogen-bond donors (Lipinski definition) is 0. The van der Waals surface area contributed by atoms with Crippen molar-refractivity contribution in [3.8, 4) is 0 Å². The van der Waals surface area contributed by atoms with Crippen LogP contribution >= 0.6 is 11.6 Å². The predicted octanol–water partition coefficient (Wildman–Crippen LogP) is 3.07. The van der Waals surface area contributed by atoms with Crippen LogP contribution in [0.2, 0.25) is 0 Å². The van der Waals surface area contributed by atoms with Gasteiger partial charge in [0.05, 0.1) is 0 Å². The fourth-order valence-electron chi connectivity index (χ4n) is 1.78. The average molecular weight is 191 g/mol. The summed E-state index contributed by atoms with van der Waals surface area (Å²) in [5.74, 6) is 1.70. The van der Waals surface area contributed by atoms with Gasteiger partial charge in [0, 0.05) is 19.6 Å². The van der Waals surface area contributed by atoms with Gasteiger partial charge >= 0.3 is 0 Å². The highest BCUT2D eigenvalue weighted by molar-refractivity contribution is 6.18. The maximum Gasteiger partial charge on any atom is 0.0462 e. The molecule has 1 fully saturated rings. The van der Waals surface area contributed by atoms with Crippen molar-refractivity contribution in [1.29, 1.82) is 0 Å². The summed E-state index contributed by atoms with van der Waals surface area (Å²) in [6.45, 7) is 3.19. The molecule has 1 rings (SSSR count). The van der Waals surface area contributed by atoms with Gasteiger partial charge in [-0.25, -0.2) is 0 Å². The van der Waals surface area contributed by atoms with Crippen LogP contribution in [0.25, 0.3) is 0 Å². The topological polar surface area (TPSA) is 9.23 Å². The van der Waals surface area contributed by atoms with E-state index in [9.17, 15) is 0 Å². The van der Waals surface area contributed by atoms with Gasteiger partial charge in [0.1, 0.15) is 0 Å². The van der Waals surface area contributed by atoms with E-state index in [0.29, 0.717) is 5.41 Å². The van der Waals surface area contributed by atoms with Gasteiger partial charge in [-0.2, -0.15) is 0 Å². The van der Waals surface area contributed by atoms with Crippen molar-refractivity contribution in [2.45, 2.75) is 32.6 Å². The highest BCUT2D eigenvalue weighted by Gasteiger charge is 2.40. The summed E-state index contributed by atoms with van der Waals surface area (Å²) in [5.41, 5.74) is 0.389. The third-order valence-corrected chi connectivity index (χ3v) is 3.58. The molecule has 0 bridgehead atoms. The molecule has 0 N–H and O–H groups in total. The third-order valence-electron chi connectivity index (χ3n) is 2.96. The lowest BCUT2D eigenvalue weighted by Crippen LogP contribution is -2.21. The molecule has 12 heavy (non-hydrogen) atoms. The lowest BCUT2D eigenvalue weighted by molar-refractivity contribution is 0.169. The first-order valence-corrected chi connectivity index (χ1v) is 5.31. The zero-order valence-electron chi connectivity index (χ0n) is 8.11. The Morgan fingerprint density at radius 1 is 1.50 bits per heavy atom. The molecule has 1 saturated carbocycles. The minimum atomic E-state index is 0.389. The van der Waals surface area contributed by atoms with Crippen molar-refractivity contribution in [3.63, 3.8) is 0 Å². The molecule has 1 atom stereocenters. The number of ether oxygens (including phenoxy) is 1. The van der Waals surface area contributed by atoms with Gasteiger partial charge in [-0.3, -0.25) is 0 Å². The van der Waals surface area contributed by atoms with Gasteiger partial charge in [0.2, 0.25) is 0 Å². The maximum atomic E-state index is 5.98. The number of methoxy groups -OCH3 is 1. The van der Waals surface area contributed by atoms with Crippen LogP contribution in [0.3, 0.4) is 0 Å². The van der Waals surface area contributed by atoms with E-state index in [1.54, 1.807) is 7.11 Å². The van der Waals surface area contributed by atoms with E-state index in [-0.39, 0.29) is 0 Å². The van der Waals surface area contributed by atoms with Gasteiger partial charge in [0.25, 0.3) is 0 Å². The summed E-state index contributed by atoms with van der Waals surface area (Å²) in [4.78, 5) is 0. The average Bonchev–Trinajstić information content (AvgIpc) is 2.87. The fourth-order valence-corrected chi connectivity index (χ4v) is 2.13. The van der Waals surface area contributed by atoms with Gasteiger partial charge in [-0.1, -0.05) is 6.92 Å². The first-order valence-electron chi connectivity index (χ1n) is 4.78. The first kappa shape index (κ1) is 10.3. The highest BCUT2D eigenvalue weighted by atomic mass is 35.5. The Morgan fingerprint density at radius 2 is 2.17 bits per heavy atom. The molecule has 0 aromatic heterocycles. The van der Waals surface area contributed by atoms with Crippen molar-refractivity contribution in [3.05, 3.63) is 0 Å². The van der Waals surface area contributed by atoms with Crippen LogP contribution in [0.15, 0.2) is 0 Å². The minimum Gasteiger partial charge on any atom is -0.385 e. The Labute approximate surface area is 80.4 Å². The second-order valence-corrected chi connectivity index (χ2v) is 4.43. The molecule has 0 heterocycles. The number of hydrogen-bond acceptors (Lipinski definition) is 1. The Bertz CT molecular complexity index is 134. The second-order valence-electron chi connectivity index (χ2n) is 4.16. The Kier molecular flexibility index (Phi) is 3.85. The molecule has 0 aromatic rings. The summed E-state index contributed by atoms with van der Waals surface area (Å²) in [6, 6.07) is 0. The SMILES string of the molecule is COCCCC(C)(CCl)C1CC1. The monoisotopic (exact) mass is 190 g/mol. The van der Waals surface area contributed by atoms with Crippen molar-refractivity contribution < 1.29 is 4.74 Å². The van der Waals surface area contributed by atoms with Gasteiger partial charge in [-0.15, -0.1) is 11.6 Å². The predicted molar refractivity (Wildman–Crippen MR) is 52.7 cm³/mol. The summed E-state index contributed by atoms with van der Waals surface area (Å²) < 4.78 is 5.04. The van der Waals surface area contributed by atoms with Crippen LogP contribution in [0.5, 0.6) is 0 Å². The maximum absolute atomic E-state index is 5.98. The number of alkyl halides is 1. The number of halogens is 1. The standard InChI is InChI=1S/C10H19ClO/c1-10(8-11,9-4-5-9)6-3-7-12-2/h9H,3-8H2,1-2H3. The molecule has 72 valence electrons. The summed E-state index contributed by atoms with van der Waals surface area (Å²) >= 11 is 5.98. The molecule has 0 amide bonds. The molecule has 0 aliphatic heterocycles. The summed E-state index contributed by atoms with van der Waals surface area (Å²) in [6.07, 6.45) is 5.14. The van der Waals surface area contributed by atoms with E-state index in [1.165, 1.54) is 19.3 Å². The molecule has 1 aliphatic carbocycles. The van der Waals surface area contributed by atoms with E-state index >= 15 is 0 Å². The summed E-state index contributed by atoms with van der Waals surface area (Å²) in [5, 5.41) is 0. The molecular formula is C10H19ClO. The fraction of sp³-hybridized carbons (Fsp3) is 1.00. The molecule has 0 radical (unpaired) electrons. The van der Waals surface area contributed by atoms with E-state index < -0.39 is 0 Å². The Hall–Kier alpha value is 0.250. The van der Waals surface area contributed by atoms with E-state index in [1.807, 2.05) is 0 Å². The molecule has 1 aliphatic rings. The van der Waals surface area contributed by atoms with E-state index in [2.05, 4.69) is 6.92 Å². The first-order chi connectivity index (χ1) is 5.73.